The molecule has 0 spiro atoms. The maximum atomic E-state index is 14.3. The Morgan fingerprint density at radius 1 is 0.919 bits per heavy atom. The molecule has 3 aromatic rings. The van der Waals surface area contributed by atoms with Gasteiger partial charge in [-0.05, 0) is 53.4 Å². The molecule has 0 fully saturated rings. The second-order valence-corrected chi connectivity index (χ2v) is 9.23. The second kappa shape index (κ2) is 13.2. The fraction of sp³-hybridized carbons (Fsp3) is 0.250. The number of hydrogen-bond acceptors (Lipinski definition) is 5. The highest BCUT2D eigenvalue weighted by molar-refractivity contribution is 6.32. The van der Waals surface area contributed by atoms with E-state index in [1.165, 1.54) is 6.07 Å². The standard InChI is InChI=1S/C28H26Cl2FNO5/c1-17(2)25(37-28(35)19-11-7-4-8-12-19)26(33)32-24(16-36-27(34)18-9-5-3-6-10-18)21-13-20(31)14-23(30)22(21)15-29/h3-14,17,24-25H,15-16H2,1-2H3,(H,32,33)/t24-,25-/m0/s1. The first-order valence-electron chi connectivity index (χ1n) is 11.5. The van der Waals surface area contributed by atoms with Crippen LogP contribution in [0.2, 0.25) is 5.02 Å². The van der Waals surface area contributed by atoms with Crippen molar-refractivity contribution in [1.29, 1.82) is 0 Å². The molecule has 0 aromatic heterocycles. The van der Waals surface area contributed by atoms with E-state index in [1.807, 2.05) is 0 Å². The minimum Gasteiger partial charge on any atom is -0.460 e. The van der Waals surface area contributed by atoms with E-state index in [0.29, 0.717) is 11.1 Å². The van der Waals surface area contributed by atoms with E-state index in [1.54, 1.807) is 74.5 Å². The molecule has 0 aliphatic heterocycles. The number of benzene rings is 3. The summed E-state index contributed by atoms with van der Waals surface area (Å²) in [6.45, 7) is 3.09. The minimum atomic E-state index is -1.18. The zero-order valence-electron chi connectivity index (χ0n) is 20.2. The van der Waals surface area contributed by atoms with Gasteiger partial charge in [-0.1, -0.05) is 61.8 Å². The summed E-state index contributed by atoms with van der Waals surface area (Å²) < 4.78 is 25.3. The Bertz CT molecular complexity index is 1240. The van der Waals surface area contributed by atoms with Crippen LogP contribution in [-0.4, -0.2) is 30.6 Å². The molecular weight excluding hydrogens is 520 g/mol. The molecule has 0 heterocycles. The van der Waals surface area contributed by atoms with Gasteiger partial charge in [0.25, 0.3) is 5.91 Å². The second-order valence-electron chi connectivity index (χ2n) is 8.55. The number of alkyl halides is 1. The predicted molar refractivity (Wildman–Crippen MR) is 139 cm³/mol. The van der Waals surface area contributed by atoms with Crippen LogP contribution >= 0.6 is 23.2 Å². The SMILES string of the molecule is CC(C)[C@H](OC(=O)c1ccccc1)C(=O)N[C@@H](COC(=O)c1ccccc1)c1cc(F)cc(Cl)c1CCl. The lowest BCUT2D eigenvalue weighted by Gasteiger charge is -2.26. The van der Waals surface area contributed by atoms with E-state index in [2.05, 4.69) is 5.32 Å². The molecule has 1 amide bonds. The molecule has 0 aliphatic rings. The van der Waals surface area contributed by atoms with Gasteiger partial charge in [0.05, 0.1) is 17.2 Å². The van der Waals surface area contributed by atoms with Gasteiger partial charge in [0.2, 0.25) is 0 Å². The third-order valence-corrected chi connectivity index (χ3v) is 6.12. The highest BCUT2D eigenvalue weighted by atomic mass is 35.5. The normalized spacial score (nSPS) is 12.5. The molecular formula is C28H26Cl2FNO5. The molecule has 1 N–H and O–H groups in total. The van der Waals surface area contributed by atoms with Gasteiger partial charge in [0.1, 0.15) is 12.4 Å². The minimum absolute atomic E-state index is 0.0644. The summed E-state index contributed by atoms with van der Waals surface area (Å²) in [7, 11) is 0. The molecule has 0 unspecified atom stereocenters. The highest BCUT2D eigenvalue weighted by Crippen LogP contribution is 2.29. The number of carbonyl (C=O) groups is 3. The summed E-state index contributed by atoms with van der Waals surface area (Å²) in [4.78, 5) is 38.5. The smallest absolute Gasteiger partial charge is 0.338 e. The number of amides is 1. The summed E-state index contributed by atoms with van der Waals surface area (Å²) in [6.07, 6.45) is -1.18. The maximum absolute atomic E-state index is 14.3. The third-order valence-electron chi connectivity index (χ3n) is 5.52. The first-order valence-corrected chi connectivity index (χ1v) is 12.4. The van der Waals surface area contributed by atoms with Gasteiger partial charge in [0, 0.05) is 10.9 Å². The number of ether oxygens (including phenoxy) is 2. The lowest BCUT2D eigenvalue weighted by atomic mass is 9.99. The maximum Gasteiger partial charge on any atom is 0.338 e. The lowest BCUT2D eigenvalue weighted by molar-refractivity contribution is -0.133. The number of esters is 2. The monoisotopic (exact) mass is 545 g/mol. The van der Waals surface area contributed by atoms with Crippen molar-refractivity contribution < 1.29 is 28.2 Å². The molecule has 6 nitrogen and oxygen atoms in total. The molecule has 0 radical (unpaired) electrons. The van der Waals surface area contributed by atoms with Crippen LogP contribution in [0.25, 0.3) is 0 Å². The van der Waals surface area contributed by atoms with Crippen LogP contribution in [-0.2, 0) is 20.1 Å². The van der Waals surface area contributed by atoms with Crippen LogP contribution < -0.4 is 5.32 Å². The summed E-state index contributed by atoms with van der Waals surface area (Å²) in [5.74, 6) is -3.09. The number of carbonyl (C=O) groups excluding carboxylic acids is 3. The van der Waals surface area contributed by atoms with Gasteiger partial charge in [0.15, 0.2) is 6.10 Å². The molecule has 0 aliphatic carbocycles. The van der Waals surface area contributed by atoms with Crippen LogP contribution in [0.3, 0.4) is 0 Å². The molecule has 37 heavy (non-hydrogen) atoms. The topological polar surface area (TPSA) is 81.7 Å². The van der Waals surface area contributed by atoms with Crippen LogP contribution in [0.4, 0.5) is 4.39 Å². The van der Waals surface area contributed by atoms with Crippen LogP contribution in [0.1, 0.15) is 51.7 Å². The van der Waals surface area contributed by atoms with Crippen LogP contribution in [0.15, 0.2) is 72.8 Å². The molecule has 3 aromatic carbocycles. The molecule has 9 heteroatoms. The van der Waals surface area contributed by atoms with Gasteiger partial charge in [-0.25, -0.2) is 14.0 Å². The van der Waals surface area contributed by atoms with Crippen molar-refractivity contribution in [3.05, 3.63) is 106 Å². The van der Waals surface area contributed by atoms with E-state index >= 15 is 0 Å². The Balaban J connectivity index is 1.87. The Morgan fingerprint density at radius 2 is 1.49 bits per heavy atom. The van der Waals surface area contributed by atoms with Crippen molar-refractivity contribution in [2.45, 2.75) is 31.9 Å². The summed E-state index contributed by atoms with van der Waals surface area (Å²) in [5.41, 5.74) is 1.20. The highest BCUT2D eigenvalue weighted by Gasteiger charge is 2.31. The average Bonchev–Trinajstić information content (AvgIpc) is 2.89. The van der Waals surface area contributed by atoms with Crippen molar-refractivity contribution in [1.82, 2.24) is 5.32 Å². The number of hydrogen-bond donors (Lipinski definition) is 1. The lowest BCUT2D eigenvalue weighted by Crippen LogP contribution is -2.44. The van der Waals surface area contributed by atoms with Gasteiger partial charge in [-0.15, -0.1) is 11.6 Å². The number of nitrogens with one attached hydrogen (secondary N) is 1. The number of rotatable bonds is 10. The molecule has 2 atom stereocenters. The zero-order chi connectivity index (χ0) is 26.9. The van der Waals surface area contributed by atoms with Gasteiger partial charge in [-0.2, -0.15) is 0 Å². The fourth-order valence-corrected chi connectivity index (χ4v) is 4.25. The summed E-state index contributed by atoms with van der Waals surface area (Å²) >= 11 is 12.3. The van der Waals surface area contributed by atoms with Crippen LogP contribution in [0, 0.1) is 11.7 Å². The van der Waals surface area contributed by atoms with E-state index < -0.39 is 41.7 Å². The van der Waals surface area contributed by atoms with Gasteiger partial charge in [-0.3, -0.25) is 4.79 Å². The summed E-state index contributed by atoms with van der Waals surface area (Å²) in [5, 5.41) is 2.79. The van der Waals surface area contributed by atoms with Crippen molar-refractivity contribution in [3.63, 3.8) is 0 Å². The molecule has 0 saturated heterocycles. The van der Waals surface area contributed by atoms with E-state index in [-0.39, 0.29) is 28.6 Å². The average molecular weight is 546 g/mol. The fourth-order valence-electron chi connectivity index (χ4n) is 3.60. The Kier molecular flexibility index (Phi) is 10.1. The van der Waals surface area contributed by atoms with Crippen molar-refractivity contribution in [2.24, 2.45) is 5.92 Å². The Labute approximate surface area is 224 Å². The largest absolute Gasteiger partial charge is 0.460 e. The van der Waals surface area contributed by atoms with E-state index in [9.17, 15) is 18.8 Å². The zero-order valence-corrected chi connectivity index (χ0v) is 21.8. The number of halogens is 3. The van der Waals surface area contributed by atoms with Crippen molar-refractivity contribution in [2.75, 3.05) is 6.61 Å². The third kappa shape index (κ3) is 7.54. The van der Waals surface area contributed by atoms with Gasteiger partial charge < -0.3 is 14.8 Å². The first kappa shape index (κ1) is 28.2. The van der Waals surface area contributed by atoms with E-state index in [4.69, 9.17) is 32.7 Å². The summed E-state index contributed by atoms with van der Waals surface area (Å²) in [6, 6.07) is 17.8. The molecule has 0 saturated carbocycles. The van der Waals surface area contributed by atoms with Gasteiger partial charge >= 0.3 is 11.9 Å². The Morgan fingerprint density at radius 3 is 2.03 bits per heavy atom. The molecule has 194 valence electrons. The molecule has 3 rings (SSSR count). The first-order chi connectivity index (χ1) is 17.7. The molecule has 0 bridgehead atoms. The predicted octanol–water partition coefficient (Wildman–Crippen LogP) is 6.11. The van der Waals surface area contributed by atoms with Crippen molar-refractivity contribution in [3.8, 4) is 0 Å². The quantitative estimate of drug-likeness (QED) is 0.245. The van der Waals surface area contributed by atoms with Crippen molar-refractivity contribution >= 4 is 41.0 Å². The van der Waals surface area contributed by atoms with Crippen LogP contribution in [0.5, 0.6) is 0 Å². The van der Waals surface area contributed by atoms with E-state index in [0.717, 1.165) is 6.07 Å². The Hall–Kier alpha value is -3.42.